The molecular formula is C19H22NNaO4S. The van der Waals surface area contributed by atoms with E-state index in [1.54, 1.807) is 0 Å². The Kier molecular flexibility index (Phi) is 8.13. The molecule has 1 heterocycles. The SMILES string of the molecule is O=S(=O)([O-])CCCOCCCN1c2ccccc2Cc2ccccc21.[Na+]. The average Bonchev–Trinajstić information content (AvgIpc) is 2.59. The Morgan fingerprint density at radius 3 is 2.04 bits per heavy atom. The van der Waals surface area contributed by atoms with Gasteiger partial charge in [0.25, 0.3) is 0 Å². The second-order valence-electron chi connectivity index (χ2n) is 6.17. The quantitative estimate of drug-likeness (QED) is 0.367. The number of benzene rings is 2. The van der Waals surface area contributed by atoms with Crippen molar-refractivity contribution in [3.8, 4) is 0 Å². The van der Waals surface area contributed by atoms with Gasteiger partial charge in [0.15, 0.2) is 0 Å². The van der Waals surface area contributed by atoms with E-state index in [1.165, 1.54) is 22.5 Å². The van der Waals surface area contributed by atoms with Crippen molar-refractivity contribution >= 4 is 21.5 Å². The Morgan fingerprint density at radius 1 is 0.923 bits per heavy atom. The van der Waals surface area contributed by atoms with Crippen molar-refractivity contribution in [2.45, 2.75) is 19.3 Å². The third-order valence-corrected chi connectivity index (χ3v) is 5.09. The molecule has 0 aliphatic carbocycles. The van der Waals surface area contributed by atoms with Crippen LogP contribution in [0.3, 0.4) is 0 Å². The number of hydrogen-bond donors (Lipinski definition) is 0. The third kappa shape index (κ3) is 5.81. The molecule has 0 N–H and O–H groups in total. The third-order valence-electron chi connectivity index (χ3n) is 4.30. The van der Waals surface area contributed by atoms with Crippen LogP contribution in [0.4, 0.5) is 11.4 Å². The number of fused-ring (bicyclic) bond motifs is 2. The summed E-state index contributed by atoms with van der Waals surface area (Å²) in [5.74, 6) is -0.361. The molecule has 0 bridgehead atoms. The van der Waals surface area contributed by atoms with E-state index < -0.39 is 10.1 Å². The molecular weight excluding hydrogens is 361 g/mol. The van der Waals surface area contributed by atoms with Crippen LogP contribution >= 0.6 is 0 Å². The summed E-state index contributed by atoms with van der Waals surface area (Å²) in [5, 5.41) is 0. The zero-order chi connectivity index (χ0) is 17.7. The van der Waals surface area contributed by atoms with Crippen LogP contribution in [-0.4, -0.2) is 38.5 Å². The van der Waals surface area contributed by atoms with Crippen molar-refractivity contribution in [3.05, 3.63) is 59.7 Å². The van der Waals surface area contributed by atoms with Gasteiger partial charge < -0.3 is 14.2 Å². The maximum atomic E-state index is 10.5. The summed E-state index contributed by atoms with van der Waals surface area (Å²) in [6.07, 6.45) is 2.02. The average molecular weight is 383 g/mol. The minimum atomic E-state index is -4.14. The molecule has 26 heavy (non-hydrogen) atoms. The molecule has 0 amide bonds. The van der Waals surface area contributed by atoms with Crippen molar-refractivity contribution in [1.29, 1.82) is 0 Å². The van der Waals surface area contributed by atoms with E-state index in [0.717, 1.165) is 19.4 Å². The summed E-state index contributed by atoms with van der Waals surface area (Å²) < 4.78 is 37.1. The van der Waals surface area contributed by atoms with Crippen molar-refractivity contribution in [2.75, 3.05) is 30.4 Å². The molecule has 5 nitrogen and oxygen atoms in total. The Morgan fingerprint density at radius 2 is 1.46 bits per heavy atom. The molecule has 0 atom stereocenters. The van der Waals surface area contributed by atoms with E-state index in [2.05, 4.69) is 53.4 Å². The van der Waals surface area contributed by atoms with E-state index in [4.69, 9.17) is 4.74 Å². The molecule has 0 saturated carbocycles. The van der Waals surface area contributed by atoms with E-state index in [9.17, 15) is 13.0 Å². The zero-order valence-electron chi connectivity index (χ0n) is 15.1. The molecule has 0 unspecified atom stereocenters. The fraction of sp³-hybridized carbons (Fsp3) is 0.368. The van der Waals surface area contributed by atoms with Gasteiger partial charge in [-0.15, -0.1) is 0 Å². The monoisotopic (exact) mass is 383 g/mol. The fourth-order valence-corrected chi connectivity index (χ4v) is 3.66. The summed E-state index contributed by atoms with van der Waals surface area (Å²) in [4.78, 5) is 2.32. The van der Waals surface area contributed by atoms with Crippen molar-refractivity contribution in [3.63, 3.8) is 0 Å². The van der Waals surface area contributed by atoms with Crippen LogP contribution in [0.15, 0.2) is 48.5 Å². The zero-order valence-corrected chi connectivity index (χ0v) is 17.9. The molecule has 0 aromatic heterocycles. The first kappa shape index (κ1) is 21.4. The molecule has 0 fully saturated rings. The number of anilines is 2. The Labute approximate surface area is 177 Å². The van der Waals surface area contributed by atoms with Crippen LogP contribution in [-0.2, 0) is 21.3 Å². The minimum Gasteiger partial charge on any atom is -0.748 e. The topological polar surface area (TPSA) is 69.7 Å². The normalized spacial score (nSPS) is 12.9. The van der Waals surface area contributed by atoms with Gasteiger partial charge in [-0.25, -0.2) is 8.42 Å². The Balaban J connectivity index is 0.00000243. The van der Waals surface area contributed by atoms with E-state index in [0.29, 0.717) is 13.2 Å². The first-order valence-corrected chi connectivity index (χ1v) is 10.1. The van der Waals surface area contributed by atoms with Crippen LogP contribution in [0.1, 0.15) is 24.0 Å². The van der Waals surface area contributed by atoms with Crippen LogP contribution in [0.25, 0.3) is 0 Å². The van der Waals surface area contributed by atoms with Crippen molar-refractivity contribution in [1.82, 2.24) is 0 Å². The molecule has 134 valence electrons. The Bertz CT molecular complexity index is 780. The summed E-state index contributed by atoms with van der Waals surface area (Å²) in [7, 11) is -4.14. The Hall–Kier alpha value is -0.890. The van der Waals surface area contributed by atoms with Crippen molar-refractivity contribution < 1.29 is 47.3 Å². The van der Waals surface area contributed by atoms with Crippen LogP contribution in [0.5, 0.6) is 0 Å². The number of ether oxygens (including phenoxy) is 1. The second kappa shape index (κ2) is 9.88. The number of hydrogen-bond acceptors (Lipinski definition) is 5. The summed E-state index contributed by atoms with van der Waals surface area (Å²) in [5.41, 5.74) is 5.11. The molecule has 1 aliphatic heterocycles. The first-order valence-electron chi connectivity index (χ1n) is 8.49. The summed E-state index contributed by atoms with van der Waals surface area (Å²) in [6, 6.07) is 16.9. The standard InChI is InChI=1S/C19H23NO4S.Na/c21-25(22,23)14-6-13-24-12-5-11-20-18-9-3-1-7-16(18)15-17-8-2-4-10-19(17)20;/h1-4,7-10H,5-6,11-15H2,(H,21,22,23);/q;+1/p-1. The fourth-order valence-electron chi connectivity index (χ4n) is 3.19. The van der Waals surface area contributed by atoms with Gasteiger partial charge in [-0.1, -0.05) is 36.4 Å². The van der Waals surface area contributed by atoms with Gasteiger partial charge in [0.1, 0.15) is 0 Å². The predicted molar refractivity (Wildman–Crippen MR) is 97.3 cm³/mol. The smallest absolute Gasteiger partial charge is 0.748 e. The van der Waals surface area contributed by atoms with Gasteiger partial charge in [0.05, 0.1) is 10.1 Å². The van der Waals surface area contributed by atoms with E-state index in [1.807, 2.05) is 0 Å². The van der Waals surface area contributed by atoms with Gasteiger partial charge in [0.2, 0.25) is 0 Å². The molecule has 0 saturated heterocycles. The number of para-hydroxylation sites is 2. The molecule has 0 radical (unpaired) electrons. The second-order valence-corrected chi connectivity index (χ2v) is 7.69. The van der Waals surface area contributed by atoms with Gasteiger partial charge in [0, 0.05) is 43.3 Å². The largest absolute Gasteiger partial charge is 1.00 e. The van der Waals surface area contributed by atoms with Gasteiger partial charge in [-0.3, -0.25) is 0 Å². The number of rotatable bonds is 8. The maximum Gasteiger partial charge on any atom is 1.00 e. The maximum absolute atomic E-state index is 10.5. The van der Waals surface area contributed by atoms with Crippen LogP contribution in [0.2, 0.25) is 0 Å². The van der Waals surface area contributed by atoms with E-state index >= 15 is 0 Å². The predicted octanol–water partition coefficient (Wildman–Crippen LogP) is 0.0749. The molecule has 2 aromatic rings. The minimum absolute atomic E-state index is 0. The molecule has 7 heteroatoms. The summed E-state index contributed by atoms with van der Waals surface area (Å²) in [6.45, 7) is 1.67. The molecule has 0 spiro atoms. The molecule has 2 aromatic carbocycles. The van der Waals surface area contributed by atoms with Crippen LogP contribution < -0.4 is 34.5 Å². The van der Waals surface area contributed by atoms with Crippen LogP contribution in [0, 0.1) is 0 Å². The number of nitrogens with zero attached hydrogens (tertiary/aromatic N) is 1. The van der Waals surface area contributed by atoms with Gasteiger partial charge >= 0.3 is 29.6 Å². The first-order chi connectivity index (χ1) is 12.0. The van der Waals surface area contributed by atoms with E-state index in [-0.39, 0.29) is 41.7 Å². The molecule has 1 aliphatic rings. The molecule has 3 rings (SSSR count). The van der Waals surface area contributed by atoms with Gasteiger partial charge in [-0.05, 0) is 36.1 Å². The van der Waals surface area contributed by atoms with Crippen molar-refractivity contribution in [2.24, 2.45) is 0 Å². The summed E-state index contributed by atoms with van der Waals surface area (Å²) >= 11 is 0. The van der Waals surface area contributed by atoms with Gasteiger partial charge in [-0.2, -0.15) is 0 Å².